The lowest BCUT2D eigenvalue weighted by Crippen LogP contribution is -1.92. The van der Waals surface area contributed by atoms with Crippen LogP contribution in [-0.4, -0.2) is 4.98 Å². The van der Waals surface area contributed by atoms with Gasteiger partial charge in [-0.25, -0.2) is 0 Å². The van der Waals surface area contributed by atoms with E-state index in [1.54, 1.807) is 12.4 Å². The molecule has 0 saturated heterocycles. The van der Waals surface area contributed by atoms with Crippen molar-refractivity contribution >= 4 is 11.0 Å². The average Bonchev–Trinajstić information content (AvgIpc) is 2.82. The molecule has 0 unspecified atom stereocenters. The molecule has 84 valence electrons. The zero-order valence-corrected chi connectivity index (χ0v) is 9.26. The summed E-state index contributed by atoms with van der Waals surface area (Å²) in [5, 5.41) is 1.08. The molecule has 0 spiro atoms. The summed E-state index contributed by atoms with van der Waals surface area (Å²) in [6.07, 6.45) is 3.56. The van der Waals surface area contributed by atoms with E-state index in [9.17, 15) is 0 Å². The lowest BCUT2D eigenvalue weighted by molar-refractivity contribution is 0.553. The smallest absolute Gasteiger partial charge is 0.142 e. The van der Waals surface area contributed by atoms with E-state index >= 15 is 0 Å². The number of hydrogen-bond donors (Lipinski definition) is 1. The molecule has 0 aliphatic heterocycles. The minimum absolute atomic E-state index is 0.421. The van der Waals surface area contributed by atoms with Gasteiger partial charge in [0.15, 0.2) is 0 Å². The number of benzene rings is 1. The second-order valence-electron chi connectivity index (χ2n) is 3.88. The van der Waals surface area contributed by atoms with Gasteiger partial charge in [-0.05, 0) is 23.8 Å². The van der Waals surface area contributed by atoms with Crippen molar-refractivity contribution < 1.29 is 4.42 Å². The third-order valence-corrected chi connectivity index (χ3v) is 2.79. The molecule has 2 heterocycles. The molecule has 0 saturated carbocycles. The number of pyridine rings is 1. The molecule has 2 N–H and O–H groups in total. The minimum atomic E-state index is 0.421. The van der Waals surface area contributed by atoms with Gasteiger partial charge in [0.2, 0.25) is 0 Å². The van der Waals surface area contributed by atoms with Crippen LogP contribution < -0.4 is 5.73 Å². The Hall–Kier alpha value is -2.13. The third kappa shape index (κ3) is 1.70. The molecule has 1 aromatic carbocycles. The van der Waals surface area contributed by atoms with Gasteiger partial charge in [0.25, 0.3) is 0 Å². The number of aromatic nitrogens is 1. The van der Waals surface area contributed by atoms with Gasteiger partial charge in [-0.15, -0.1) is 0 Å². The maximum Gasteiger partial charge on any atom is 0.142 e. The van der Waals surface area contributed by atoms with Crippen LogP contribution >= 0.6 is 0 Å². The zero-order valence-electron chi connectivity index (χ0n) is 9.26. The Morgan fingerprint density at radius 3 is 2.71 bits per heavy atom. The summed E-state index contributed by atoms with van der Waals surface area (Å²) in [6, 6.07) is 12.0. The topological polar surface area (TPSA) is 52.0 Å². The quantitative estimate of drug-likeness (QED) is 0.728. The van der Waals surface area contributed by atoms with E-state index in [1.807, 2.05) is 36.4 Å². The summed E-state index contributed by atoms with van der Waals surface area (Å²) in [5.41, 5.74) is 8.66. The lowest BCUT2D eigenvalue weighted by atomic mass is 10.1. The highest BCUT2D eigenvalue weighted by molar-refractivity contribution is 5.92. The van der Waals surface area contributed by atoms with Crippen LogP contribution in [0.5, 0.6) is 0 Å². The summed E-state index contributed by atoms with van der Waals surface area (Å²) in [7, 11) is 0. The van der Waals surface area contributed by atoms with Gasteiger partial charge in [-0.1, -0.05) is 18.2 Å². The predicted molar refractivity (Wildman–Crippen MR) is 67.3 cm³/mol. The molecule has 3 nitrogen and oxygen atoms in total. The second kappa shape index (κ2) is 4.03. The maximum absolute atomic E-state index is 5.76. The summed E-state index contributed by atoms with van der Waals surface area (Å²) in [5.74, 6) is 0.807. The highest BCUT2D eigenvalue weighted by Crippen LogP contribution is 2.30. The monoisotopic (exact) mass is 224 g/mol. The first-order valence-electron chi connectivity index (χ1n) is 5.50. The van der Waals surface area contributed by atoms with Crippen molar-refractivity contribution in [2.45, 2.75) is 6.54 Å². The molecule has 0 radical (unpaired) electrons. The summed E-state index contributed by atoms with van der Waals surface area (Å²) in [6.45, 7) is 0.421. The molecule has 3 heteroatoms. The van der Waals surface area contributed by atoms with Crippen LogP contribution in [0.4, 0.5) is 0 Å². The van der Waals surface area contributed by atoms with Crippen molar-refractivity contribution in [1.29, 1.82) is 0 Å². The number of furan rings is 1. The molecular formula is C14H12N2O. The van der Waals surface area contributed by atoms with Gasteiger partial charge in [0, 0.05) is 23.3 Å². The largest absolute Gasteiger partial charge is 0.459 e. The van der Waals surface area contributed by atoms with E-state index in [0.29, 0.717) is 6.54 Å². The normalized spacial score (nSPS) is 10.9. The Morgan fingerprint density at radius 1 is 1.12 bits per heavy atom. The van der Waals surface area contributed by atoms with Crippen LogP contribution in [0, 0.1) is 0 Å². The number of nitrogens with two attached hydrogens (primary N) is 1. The molecule has 0 aliphatic carbocycles. The first-order valence-corrected chi connectivity index (χ1v) is 5.50. The van der Waals surface area contributed by atoms with E-state index in [2.05, 4.69) is 4.98 Å². The van der Waals surface area contributed by atoms with Gasteiger partial charge in [0.1, 0.15) is 11.3 Å². The van der Waals surface area contributed by atoms with Crippen molar-refractivity contribution in [2.75, 3.05) is 0 Å². The number of fused-ring (bicyclic) bond motifs is 1. The summed E-state index contributed by atoms with van der Waals surface area (Å²) < 4.78 is 5.76. The zero-order chi connectivity index (χ0) is 11.7. The van der Waals surface area contributed by atoms with E-state index in [-0.39, 0.29) is 0 Å². The highest BCUT2D eigenvalue weighted by atomic mass is 16.3. The second-order valence-corrected chi connectivity index (χ2v) is 3.88. The van der Waals surface area contributed by atoms with Crippen molar-refractivity contribution in [3.05, 3.63) is 54.6 Å². The molecule has 3 rings (SSSR count). The first-order chi connectivity index (χ1) is 8.38. The van der Waals surface area contributed by atoms with E-state index in [4.69, 9.17) is 10.2 Å². The van der Waals surface area contributed by atoms with Crippen molar-refractivity contribution in [2.24, 2.45) is 5.73 Å². The third-order valence-electron chi connectivity index (χ3n) is 2.79. The average molecular weight is 224 g/mol. The standard InChI is InChI=1S/C14H12N2O/c15-9-12-8-11-2-1-3-13(14(11)17-12)10-4-6-16-7-5-10/h1-8H,9,15H2. The number of nitrogens with zero attached hydrogens (tertiary/aromatic N) is 1. The van der Waals surface area contributed by atoms with Crippen LogP contribution in [0.2, 0.25) is 0 Å². The minimum Gasteiger partial charge on any atom is -0.459 e. The summed E-state index contributed by atoms with van der Waals surface area (Å²) >= 11 is 0. The fourth-order valence-corrected chi connectivity index (χ4v) is 1.98. The van der Waals surface area contributed by atoms with E-state index in [0.717, 1.165) is 27.9 Å². The number of para-hydroxylation sites is 1. The molecule has 0 fully saturated rings. The van der Waals surface area contributed by atoms with Crippen LogP contribution in [0.1, 0.15) is 5.76 Å². The van der Waals surface area contributed by atoms with Crippen molar-refractivity contribution in [3.63, 3.8) is 0 Å². The van der Waals surface area contributed by atoms with Gasteiger partial charge in [-0.2, -0.15) is 0 Å². The fourth-order valence-electron chi connectivity index (χ4n) is 1.98. The molecule has 2 aromatic heterocycles. The van der Waals surface area contributed by atoms with E-state index < -0.39 is 0 Å². The van der Waals surface area contributed by atoms with Crippen molar-refractivity contribution in [3.8, 4) is 11.1 Å². The molecular weight excluding hydrogens is 212 g/mol. The van der Waals surface area contributed by atoms with Gasteiger partial charge < -0.3 is 10.2 Å². The van der Waals surface area contributed by atoms with Crippen LogP contribution in [-0.2, 0) is 6.54 Å². The van der Waals surface area contributed by atoms with Gasteiger partial charge in [-0.3, -0.25) is 4.98 Å². The van der Waals surface area contributed by atoms with E-state index in [1.165, 1.54) is 0 Å². The Labute approximate surface area is 98.9 Å². The Kier molecular flexibility index (Phi) is 2.38. The highest BCUT2D eigenvalue weighted by Gasteiger charge is 2.08. The van der Waals surface area contributed by atoms with Crippen LogP contribution in [0.25, 0.3) is 22.1 Å². The Morgan fingerprint density at radius 2 is 1.94 bits per heavy atom. The molecule has 3 aromatic rings. The molecule has 0 amide bonds. The maximum atomic E-state index is 5.76. The molecule has 0 atom stereocenters. The van der Waals surface area contributed by atoms with Crippen LogP contribution in [0.15, 0.2) is 53.2 Å². The SMILES string of the molecule is NCc1cc2cccc(-c3ccncc3)c2o1. The van der Waals surface area contributed by atoms with Gasteiger partial charge >= 0.3 is 0 Å². The summed E-state index contributed by atoms with van der Waals surface area (Å²) in [4.78, 5) is 4.02. The number of hydrogen-bond acceptors (Lipinski definition) is 3. The molecule has 0 bridgehead atoms. The fraction of sp³-hybridized carbons (Fsp3) is 0.0714. The molecule has 17 heavy (non-hydrogen) atoms. The number of rotatable bonds is 2. The van der Waals surface area contributed by atoms with Crippen molar-refractivity contribution in [1.82, 2.24) is 4.98 Å². The Bertz CT molecular complexity index is 644. The predicted octanol–water partition coefficient (Wildman–Crippen LogP) is 2.95. The first kappa shape index (κ1) is 10.1. The molecule has 0 aliphatic rings. The lowest BCUT2D eigenvalue weighted by Gasteiger charge is -2.01. The van der Waals surface area contributed by atoms with Gasteiger partial charge in [0.05, 0.1) is 6.54 Å². The Balaban J connectivity index is 2.26. The van der Waals surface area contributed by atoms with Crippen LogP contribution in [0.3, 0.4) is 0 Å².